The smallest absolute Gasteiger partial charge is 0.319 e. The topological polar surface area (TPSA) is 58.6 Å². The van der Waals surface area contributed by atoms with E-state index in [4.69, 9.17) is 9.84 Å². The maximum atomic E-state index is 11.3. The van der Waals surface area contributed by atoms with E-state index >= 15 is 0 Å². The summed E-state index contributed by atoms with van der Waals surface area (Å²) in [5, 5.41) is 12.0. The molecule has 0 fully saturated rings. The Bertz CT molecular complexity index is 183. The second kappa shape index (κ2) is 9.60. The van der Waals surface area contributed by atoms with Gasteiger partial charge in [-0.15, -0.1) is 0 Å². The predicted octanol–water partition coefficient (Wildman–Crippen LogP) is 1.33. The summed E-state index contributed by atoms with van der Waals surface area (Å²) in [6.45, 7) is 7.06. The van der Waals surface area contributed by atoms with Gasteiger partial charge in [-0.25, -0.2) is 0 Å². The third-order valence-corrected chi connectivity index (χ3v) is 2.51. The second-order valence-electron chi connectivity index (χ2n) is 4.32. The number of unbranched alkanes of at least 4 members (excludes halogenated alkanes) is 1. The van der Waals surface area contributed by atoms with Crippen molar-refractivity contribution in [1.82, 2.24) is 5.32 Å². The van der Waals surface area contributed by atoms with Gasteiger partial charge >= 0.3 is 5.97 Å². The minimum atomic E-state index is -0.211. The van der Waals surface area contributed by atoms with E-state index in [0.29, 0.717) is 18.9 Å². The largest absolute Gasteiger partial charge is 0.465 e. The highest BCUT2D eigenvalue weighted by molar-refractivity contribution is 5.71. The van der Waals surface area contributed by atoms with E-state index in [9.17, 15) is 4.79 Å². The molecule has 0 aromatic heterocycles. The second-order valence-corrected chi connectivity index (χ2v) is 4.32. The lowest BCUT2D eigenvalue weighted by Gasteiger charge is -2.20. The van der Waals surface area contributed by atoms with Crippen molar-refractivity contribution in [3.8, 4) is 0 Å². The average molecular weight is 231 g/mol. The Labute approximate surface area is 98.4 Å². The number of carbonyl (C=O) groups excluding carboxylic acids is 1. The summed E-state index contributed by atoms with van der Waals surface area (Å²) in [6.07, 6.45) is 2.61. The number of carbonyl (C=O) groups is 1. The summed E-state index contributed by atoms with van der Waals surface area (Å²) in [7, 11) is 0. The standard InChI is InChI=1S/C12H25NO3/c1-4-5-8-16-12(15)9-13-11(6-7-14)10(2)3/h10-11,13-14H,4-9H2,1-3H3. The molecule has 1 unspecified atom stereocenters. The van der Waals surface area contributed by atoms with Crippen LogP contribution >= 0.6 is 0 Å². The van der Waals surface area contributed by atoms with Gasteiger partial charge in [-0.3, -0.25) is 4.79 Å². The van der Waals surface area contributed by atoms with Crippen LogP contribution in [0.5, 0.6) is 0 Å². The van der Waals surface area contributed by atoms with E-state index in [2.05, 4.69) is 26.1 Å². The van der Waals surface area contributed by atoms with Crippen LogP contribution < -0.4 is 5.32 Å². The average Bonchev–Trinajstić information content (AvgIpc) is 2.24. The molecule has 0 amide bonds. The lowest BCUT2D eigenvalue weighted by atomic mass is 10.0. The minimum Gasteiger partial charge on any atom is -0.465 e. The highest BCUT2D eigenvalue weighted by Gasteiger charge is 2.13. The highest BCUT2D eigenvalue weighted by Crippen LogP contribution is 2.04. The van der Waals surface area contributed by atoms with Crippen LogP contribution in [0.3, 0.4) is 0 Å². The molecule has 0 heterocycles. The van der Waals surface area contributed by atoms with Gasteiger partial charge in [-0.1, -0.05) is 27.2 Å². The number of esters is 1. The number of rotatable bonds is 9. The normalized spacial score (nSPS) is 12.8. The van der Waals surface area contributed by atoms with Gasteiger partial charge in [0.05, 0.1) is 13.2 Å². The molecule has 0 aliphatic heterocycles. The zero-order valence-electron chi connectivity index (χ0n) is 10.7. The van der Waals surface area contributed by atoms with Gasteiger partial charge < -0.3 is 15.2 Å². The summed E-state index contributed by atoms with van der Waals surface area (Å²) in [5.41, 5.74) is 0. The van der Waals surface area contributed by atoms with Crippen LogP contribution in [-0.4, -0.2) is 36.9 Å². The van der Waals surface area contributed by atoms with Crippen LogP contribution in [0.25, 0.3) is 0 Å². The summed E-state index contributed by atoms with van der Waals surface area (Å²) < 4.78 is 5.03. The van der Waals surface area contributed by atoms with E-state index < -0.39 is 0 Å². The number of hydrogen-bond acceptors (Lipinski definition) is 4. The molecule has 0 rings (SSSR count). The molecule has 0 aliphatic carbocycles. The number of nitrogens with one attached hydrogen (secondary N) is 1. The van der Waals surface area contributed by atoms with Crippen molar-refractivity contribution in [3.63, 3.8) is 0 Å². The fourth-order valence-electron chi connectivity index (χ4n) is 1.41. The van der Waals surface area contributed by atoms with Gasteiger partial charge in [0.1, 0.15) is 0 Å². The zero-order valence-corrected chi connectivity index (χ0v) is 10.7. The number of hydrogen-bond donors (Lipinski definition) is 2. The van der Waals surface area contributed by atoms with Crippen LogP contribution in [0.4, 0.5) is 0 Å². The van der Waals surface area contributed by atoms with Crippen molar-refractivity contribution in [3.05, 3.63) is 0 Å². The van der Waals surface area contributed by atoms with Gasteiger partial charge in [0, 0.05) is 12.6 Å². The van der Waals surface area contributed by atoms with Crippen LogP contribution in [0.2, 0.25) is 0 Å². The molecule has 0 saturated heterocycles. The molecule has 0 bridgehead atoms. The number of aliphatic hydroxyl groups excluding tert-OH is 1. The summed E-state index contributed by atoms with van der Waals surface area (Å²) >= 11 is 0. The fraction of sp³-hybridized carbons (Fsp3) is 0.917. The molecule has 4 heteroatoms. The lowest BCUT2D eigenvalue weighted by Crippen LogP contribution is -2.38. The first-order valence-corrected chi connectivity index (χ1v) is 6.11. The Kier molecular flexibility index (Phi) is 9.24. The van der Waals surface area contributed by atoms with Crippen molar-refractivity contribution >= 4 is 5.97 Å². The van der Waals surface area contributed by atoms with Crippen LogP contribution in [-0.2, 0) is 9.53 Å². The first-order valence-electron chi connectivity index (χ1n) is 6.11. The molecule has 16 heavy (non-hydrogen) atoms. The Hall–Kier alpha value is -0.610. The van der Waals surface area contributed by atoms with Gasteiger partial charge in [0.25, 0.3) is 0 Å². The highest BCUT2D eigenvalue weighted by atomic mass is 16.5. The zero-order chi connectivity index (χ0) is 12.4. The molecular weight excluding hydrogens is 206 g/mol. The van der Waals surface area contributed by atoms with E-state index in [1.807, 2.05) is 0 Å². The van der Waals surface area contributed by atoms with Gasteiger partial charge in [0.2, 0.25) is 0 Å². The SMILES string of the molecule is CCCCOC(=O)CNC(CCO)C(C)C. The van der Waals surface area contributed by atoms with E-state index in [1.165, 1.54) is 0 Å². The molecule has 0 aromatic carbocycles. The Morgan fingerprint density at radius 3 is 2.62 bits per heavy atom. The maximum Gasteiger partial charge on any atom is 0.319 e. The van der Waals surface area contributed by atoms with E-state index in [1.54, 1.807) is 0 Å². The molecule has 0 saturated carbocycles. The molecule has 0 aliphatic rings. The maximum absolute atomic E-state index is 11.3. The summed E-state index contributed by atoms with van der Waals surface area (Å²) in [6, 6.07) is 0.170. The molecule has 2 N–H and O–H groups in total. The minimum absolute atomic E-state index is 0.140. The lowest BCUT2D eigenvalue weighted by molar-refractivity contribution is -0.142. The first-order chi connectivity index (χ1) is 7.61. The van der Waals surface area contributed by atoms with Gasteiger partial charge in [0.15, 0.2) is 0 Å². The molecule has 4 nitrogen and oxygen atoms in total. The van der Waals surface area contributed by atoms with Crippen molar-refractivity contribution in [2.75, 3.05) is 19.8 Å². The van der Waals surface area contributed by atoms with Gasteiger partial charge in [-0.05, 0) is 18.8 Å². The third-order valence-electron chi connectivity index (χ3n) is 2.51. The monoisotopic (exact) mass is 231 g/mol. The Morgan fingerprint density at radius 1 is 1.44 bits per heavy atom. The van der Waals surface area contributed by atoms with Crippen LogP contribution in [0.15, 0.2) is 0 Å². The van der Waals surface area contributed by atoms with Gasteiger partial charge in [-0.2, -0.15) is 0 Å². The van der Waals surface area contributed by atoms with Crippen LogP contribution in [0, 0.1) is 5.92 Å². The predicted molar refractivity (Wildman–Crippen MR) is 64.2 cm³/mol. The van der Waals surface area contributed by atoms with E-state index in [-0.39, 0.29) is 25.2 Å². The van der Waals surface area contributed by atoms with Crippen molar-refractivity contribution in [2.45, 2.75) is 46.1 Å². The van der Waals surface area contributed by atoms with Crippen molar-refractivity contribution in [2.24, 2.45) is 5.92 Å². The Morgan fingerprint density at radius 2 is 2.12 bits per heavy atom. The fourth-order valence-corrected chi connectivity index (χ4v) is 1.41. The first kappa shape index (κ1) is 15.4. The van der Waals surface area contributed by atoms with E-state index in [0.717, 1.165) is 12.8 Å². The Balaban J connectivity index is 3.69. The molecule has 96 valence electrons. The van der Waals surface area contributed by atoms with Crippen molar-refractivity contribution < 1.29 is 14.6 Å². The molecular formula is C12H25NO3. The molecule has 1 atom stereocenters. The number of ether oxygens (including phenoxy) is 1. The molecule has 0 aromatic rings. The quantitative estimate of drug-likeness (QED) is 0.464. The summed E-state index contributed by atoms with van der Waals surface area (Å²) in [5.74, 6) is 0.188. The molecule has 0 radical (unpaired) electrons. The van der Waals surface area contributed by atoms with Crippen LogP contribution in [0.1, 0.15) is 40.0 Å². The molecule has 0 spiro atoms. The third kappa shape index (κ3) is 7.65. The summed E-state index contributed by atoms with van der Waals surface area (Å²) in [4.78, 5) is 11.3. The van der Waals surface area contributed by atoms with Crippen molar-refractivity contribution in [1.29, 1.82) is 0 Å². The number of aliphatic hydroxyl groups is 1.